The highest BCUT2D eigenvalue weighted by Gasteiger charge is 2.24. The first-order chi connectivity index (χ1) is 16.7. The lowest BCUT2D eigenvalue weighted by Crippen LogP contribution is -2.52. The molecule has 0 N–H and O–H groups in total. The van der Waals surface area contributed by atoms with Crippen molar-refractivity contribution in [1.29, 1.82) is 0 Å². The molecule has 6 nitrogen and oxygen atoms in total. The van der Waals surface area contributed by atoms with Crippen molar-refractivity contribution >= 4 is 5.69 Å². The van der Waals surface area contributed by atoms with Crippen LogP contribution in [-0.4, -0.2) is 60.0 Å². The number of benzene rings is 2. The van der Waals surface area contributed by atoms with E-state index in [1.165, 1.54) is 5.56 Å². The van der Waals surface area contributed by atoms with Gasteiger partial charge in [0.05, 0.1) is 24.7 Å². The normalized spacial score (nSPS) is 21.4. The van der Waals surface area contributed by atoms with Gasteiger partial charge in [-0.25, -0.2) is 9.97 Å². The third-order valence-corrected chi connectivity index (χ3v) is 6.82. The first-order valence-electron chi connectivity index (χ1n) is 12.5. The van der Waals surface area contributed by atoms with E-state index in [0.717, 1.165) is 81.3 Å². The Morgan fingerprint density at radius 3 is 2.47 bits per heavy atom. The summed E-state index contributed by atoms with van der Waals surface area (Å²) in [5.41, 5.74) is 3.48. The Bertz CT molecular complexity index is 1020. The van der Waals surface area contributed by atoms with Gasteiger partial charge in [-0.15, -0.1) is 0 Å². The first kappa shape index (κ1) is 22.8. The van der Waals surface area contributed by atoms with Crippen molar-refractivity contribution in [2.24, 2.45) is 0 Å². The minimum atomic E-state index is -0.128. The van der Waals surface area contributed by atoms with Gasteiger partial charge in [0.1, 0.15) is 5.75 Å². The molecular weight excluding hydrogens is 424 g/mol. The minimum Gasteiger partial charge on any atom is -0.465 e. The number of piperazine rings is 1. The molecule has 2 atom stereocenters. The van der Waals surface area contributed by atoms with Crippen molar-refractivity contribution in [3.8, 4) is 17.1 Å². The van der Waals surface area contributed by atoms with Crippen LogP contribution >= 0.6 is 0 Å². The Labute approximate surface area is 202 Å². The van der Waals surface area contributed by atoms with E-state index in [4.69, 9.17) is 9.47 Å². The zero-order valence-electron chi connectivity index (χ0n) is 20.0. The van der Waals surface area contributed by atoms with Gasteiger partial charge in [0.15, 0.2) is 12.1 Å². The van der Waals surface area contributed by atoms with Crippen molar-refractivity contribution in [2.75, 3.05) is 37.7 Å². The topological polar surface area (TPSA) is 50.7 Å². The molecular formula is C28H34N4O2. The molecule has 2 saturated heterocycles. The van der Waals surface area contributed by atoms with Crippen molar-refractivity contribution in [1.82, 2.24) is 14.9 Å². The maximum Gasteiger partial charge on any atom is 0.199 e. The molecule has 0 radical (unpaired) electrons. The molecule has 1 aromatic heterocycles. The summed E-state index contributed by atoms with van der Waals surface area (Å²) in [5.74, 6) is 1.56. The lowest BCUT2D eigenvalue weighted by molar-refractivity contribution is -0.105. The fourth-order valence-corrected chi connectivity index (χ4v) is 4.75. The summed E-state index contributed by atoms with van der Waals surface area (Å²) in [4.78, 5) is 14.3. The molecule has 2 aromatic carbocycles. The summed E-state index contributed by atoms with van der Waals surface area (Å²) in [6.07, 6.45) is 8.10. The van der Waals surface area contributed by atoms with Gasteiger partial charge in [0.25, 0.3) is 0 Å². The van der Waals surface area contributed by atoms with Crippen LogP contribution in [0.15, 0.2) is 67.0 Å². The van der Waals surface area contributed by atoms with Gasteiger partial charge >= 0.3 is 0 Å². The van der Waals surface area contributed by atoms with Crippen LogP contribution in [0.4, 0.5) is 5.69 Å². The molecule has 2 aliphatic rings. The highest BCUT2D eigenvalue weighted by atomic mass is 16.7. The molecule has 6 heteroatoms. The maximum atomic E-state index is 5.93. The molecule has 2 fully saturated rings. The van der Waals surface area contributed by atoms with E-state index >= 15 is 0 Å². The number of aromatic nitrogens is 2. The molecule has 0 aliphatic carbocycles. The number of anilines is 1. The van der Waals surface area contributed by atoms with Crippen molar-refractivity contribution in [3.63, 3.8) is 0 Å². The molecule has 5 rings (SSSR count). The quantitative estimate of drug-likeness (QED) is 0.507. The molecule has 1 unspecified atom stereocenters. The number of hydrogen-bond acceptors (Lipinski definition) is 6. The summed E-state index contributed by atoms with van der Waals surface area (Å²) in [7, 11) is 0. The SMILES string of the molecule is C[C@@H]1CN(c2cnc(-c3ccc(OC4CCCCO4)cc3)nc2)CCN1CCc1ccccc1. The van der Waals surface area contributed by atoms with Crippen LogP contribution in [0.3, 0.4) is 0 Å². The fraction of sp³-hybridized carbons (Fsp3) is 0.429. The maximum absolute atomic E-state index is 5.93. The van der Waals surface area contributed by atoms with Gasteiger partial charge in [0.2, 0.25) is 0 Å². The van der Waals surface area contributed by atoms with Crippen molar-refractivity contribution in [2.45, 2.75) is 44.9 Å². The van der Waals surface area contributed by atoms with E-state index in [2.05, 4.69) is 57.0 Å². The predicted octanol–water partition coefficient (Wildman–Crippen LogP) is 4.80. The number of rotatable bonds is 7. The summed E-state index contributed by atoms with van der Waals surface area (Å²) >= 11 is 0. The summed E-state index contributed by atoms with van der Waals surface area (Å²) in [6.45, 7) is 7.24. The van der Waals surface area contributed by atoms with Gasteiger partial charge in [-0.1, -0.05) is 30.3 Å². The average molecular weight is 459 g/mol. The van der Waals surface area contributed by atoms with Crippen LogP contribution < -0.4 is 9.64 Å². The van der Waals surface area contributed by atoms with Gasteiger partial charge in [-0.3, -0.25) is 4.90 Å². The fourth-order valence-electron chi connectivity index (χ4n) is 4.75. The molecule has 2 aliphatic heterocycles. The van der Waals surface area contributed by atoms with Gasteiger partial charge < -0.3 is 14.4 Å². The van der Waals surface area contributed by atoms with Crippen molar-refractivity contribution < 1.29 is 9.47 Å². The van der Waals surface area contributed by atoms with Crippen LogP contribution in [0.2, 0.25) is 0 Å². The predicted molar refractivity (Wildman–Crippen MR) is 135 cm³/mol. The Morgan fingerprint density at radius 1 is 0.971 bits per heavy atom. The van der Waals surface area contributed by atoms with E-state index in [9.17, 15) is 0 Å². The van der Waals surface area contributed by atoms with Gasteiger partial charge in [-0.05, 0) is 56.0 Å². The Balaban J connectivity index is 1.14. The molecule has 0 saturated carbocycles. The second-order valence-corrected chi connectivity index (χ2v) is 9.27. The molecule has 3 heterocycles. The van der Waals surface area contributed by atoms with Gasteiger partial charge in [0, 0.05) is 44.2 Å². The zero-order valence-corrected chi connectivity index (χ0v) is 20.0. The van der Waals surface area contributed by atoms with E-state index in [-0.39, 0.29) is 6.29 Å². The third kappa shape index (κ3) is 5.75. The molecule has 0 amide bonds. The molecule has 178 valence electrons. The van der Waals surface area contributed by atoms with Crippen molar-refractivity contribution in [3.05, 3.63) is 72.6 Å². The van der Waals surface area contributed by atoms with Crippen LogP contribution in [0, 0.1) is 0 Å². The van der Waals surface area contributed by atoms with Crippen LogP contribution in [-0.2, 0) is 11.2 Å². The standard InChI is InChI=1S/C28H34N4O2/c1-22-21-32(17-16-31(22)15-14-23-7-3-2-4-8-23)25-19-29-28(30-20-25)24-10-12-26(13-11-24)34-27-9-5-6-18-33-27/h2-4,7-8,10-13,19-20,22,27H,5-6,9,14-18,21H2,1H3/t22-,27?/m1/s1. The minimum absolute atomic E-state index is 0.128. The highest BCUT2D eigenvalue weighted by Crippen LogP contribution is 2.24. The molecule has 0 bridgehead atoms. The van der Waals surface area contributed by atoms with Crippen LogP contribution in [0.1, 0.15) is 31.7 Å². The Morgan fingerprint density at radius 2 is 1.76 bits per heavy atom. The molecule has 34 heavy (non-hydrogen) atoms. The second kappa shape index (κ2) is 11.0. The average Bonchev–Trinajstić information content (AvgIpc) is 2.90. The van der Waals surface area contributed by atoms with E-state index in [0.29, 0.717) is 6.04 Å². The van der Waals surface area contributed by atoms with Crippen LogP contribution in [0.25, 0.3) is 11.4 Å². The summed E-state index contributed by atoms with van der Waals surface area (Å²) in [5, 5.41) is 0. The number of hydrogen-bond donors (Lipinski definition) is 0. The van der Waals surface area contributed by atoms with E-state index in [1.54, 1.807) is 0 Å². The van der Waals surface area contributed by atoms with Crippen LogP contribution in [0.5, 0.6) is 5.75 Å². The summed E-state index contributed by atoms with van der Waals surface area (Å²) in [6, 6.07) is 19.2. The Kier molecular flexibility index (Phi) is 7.37. The lowest BCUT2D eigenvalue weighted by atomic mass is 10.1. The molecule has 0 spiro atoms. The van der Waals surface area contributed by atoms with E-state index in [1.807, 2.05) is 36.7 Å². The Hall–Kier alpha value is -2.96. The number of nitrogens with zero attached hydrogens (tertiary/aromatic N) is 4. The second-order valence-electron chi connectivity index (χ2n) is 9.27. The zero-order chi connectivity index (χ0) is 23.2. The lowest BCUT2D eigenvalue weighted by Gasteiger charge is -2.40. The number of ether oxygens (including phenoxy) is 2. The molecule has 3 aromatic rings. The highest BCUT2D eigenvalue weighted by molar-refractivity contribution is 5.57. The largest absolute Gasteiger partial charge is 0.465 e. The van der Waals surface area contributed by atoms with E-state index < -0.39 is 0 Å². The van der Waals surface area contributed by atoms with Gasteiger partial charge in [-0.2, -0.15) is 0 Å². The third-order valence-electron chi connectivity index (χ3n) is 6.82. The summed E-state index contributed by atoms with van der Waals surface area (Å²) < 4.78 is 11.6. The monoisotopic (exact) mass is 458 g/mol. The smallest absolute Gasteiger partial charge is 0.199 e. The first-order valence-corrected chi connectivity index (χ1v) is 12.5.